The minimum atomic E-state index is -0.184. The summed E-state index contributed by atoms with van der Waals surface area (Å²) in [5.74, 6) is 5.78. The molecule has 4 nitrogen and oxygen atoms in total. The number of hydrogen-bond acceptors (Lipinski definition) is 4. The van der Waals surface area contributed by atoms with Crippen LogP contribution in [0.1, 0.15) is 21.1 Å². The summed E-state index contributed by atoms with van der Waals surface area (Å²) in [7, 11) is 3.99. The molecule has 0 bridgehead atoms. The summed E-state index contributed by atoms with van der Waals surface area (Å²) in [5, 5.41) is 5.37. The molecule has 2 rings (SSSR count). The number of benzene rings is 1. The molecule has 1 amide bonds. The molecule has 1 N–H and O–H groups in total. The van der Waals surface area contributed by atoms with Crippen LogP contribution in [0.15, 0.2) is 29.6 Å². The normalized spacial score (nSPS) is 9.67. The number of amides is 1. The van der Waals surface area contributed by atoms with Gasteiger partial charge in [0.15, 0.2) is 0 Å². The Morgan fingerprint density at radius 3 is 2.62 bits per heavy atom. The predicted molar refractivity (Wildman–Crippen MR) is 86.8 cm³/mol. The van der Waals surface area contributed by atoms with E-state index in [4.69, 9.17) is 0 Å². The van der Waals surface area contributed by atoms with Gasteiger partial charge in [0.05, 0.1) is 11.6 Å². The number of anilines is 1. The molecule has 21 heavy (non-hydrogen) atoms. The highest BCUT2D eigenvalue weighted by atomic mass is 32.1. The van der Waals surface area contributed by atoms with E-state index in [-0.39, 0.29) is 5.91 Å². The van der Waals surface area contributed by atoms with Crippen LogP contribution >= 0.6 is 11.3 Å². The Bertz CT molecular complexity index is 678. The molecule has 0 unspecified atom stereocenters. The highest BCUT2D eigenvalue weighted by molar-refractivity contribution is 7.09. The number of carbonyl (C=O) groups is 1. The molecule has 0 radical (unpaired) electrons. The number of rotatable bonds is 3. The van der Waals surface area contributed by atoms with Gasteiger partial charge in [0.25, 0.3) is 5.91 Å². The summed E-state index contributed by atoms with van der Waals surface area (Å²) in [5.41, 5.74) is 2.52. The van der Waals surface area contributed by atoms with Gasteiger partial charge in [0, 0.05) is 30.7 Å². The first-order chi connectivity index (χ1) is 10.1. The molecule has 0 aliphatic carbocycles. The van der Waals surface area contributed by atoms with E-state index in [0.29, 0.717) is 12.2 Å². The van der Waals surface area contributed by atoms with Gasteiger partial charge in [-0.1, -0.05) is 11.8 Å². The van der Waals surface area contributed by atoms with E-state index < -0.39 is 0 Å². The lowest BCUT2D eigenvalue weighted by atomic mass is 10.2. The highest BCUT2D eigenvalue weighted by Gasteiger charge is 2.07. The summed E-state index contributed by atoms with van der Waals surface area (Å²) in [6, 6.07) is 7.96. The predicted octanol–water partition coefficient (Wildman–Crippen LogP) is 2.30. The average molecular weight is 299 g/mol. The second-order valence-electron chi connectivity index (χ2n) is 4.68. The number of nitrogens with zero attached hydrogens (tertiary/aromatic N) is 2. The molecular weight excluding hydrogens is 282 g/mol. The second kappa shape index (κ2) is 6.91. The van der Waals surface area contributed by atoms with Crippen LogP contribution in [0.5, 0.6) is 0 Å². The molecule has 0 fully saturated rings. The molecule has 0 aliphatic heterocycles. The van der Waals surface area contributed by atoms with Gasteiger partial charge in [-0.15, -0.1) is 11.3 Å². The minimum Gasteiger partial charge on any atom is -0.378 e. The van der Waals surface area contributed by atoms with E-state index in [1.807, 2.05) is 50.2 Å². The number of nitrogens with one attached hydrogen (secondary N) is 1. The lowest BCUT2D eigenvalue weighted by molar-refractivity contribution is 0.0954. The summed E-state index contributed by atoms with van der Waals surface area (Å²) in [4.78, 5) is 17.9. The Hall–Kier alpha value is -2.32. The van der Waals surface area contributed by atoms with Crippen LogP contribution in [0.3, 0.4) is 0 Å². The molecule has 2 aromatic rings. The van der Waals surface area contributed by atoms with Gasteiger partial charge in [0.1, 0.15) is 5.69 Å². The Balaban J connectivity index is 1.87. The van der Waals surface area contributed by atoms with Crippen molar-refractivity contribution in [3.8, 4) is 11.8 Å². The molecule has 0 saturated carbocycles. The van der Waals surface area contributed by atoms with Gasteiger partial charge in [-0.2, -0.15) is 0 Å². The lowest BCUT2D eigenvalue weighted by Gasteiger charge is -2.11. The maximum Gasteiger partial charge on any atom is 0.271 e. The van der Waals surface area contributed by atoms with E-state index in [9.17, 15) is 4.79 Å². The van der Waals surface area contributed by atoms with Crippen LogP contribution in [-0.2, 0) is 0 Å². The van der Waals surface area contributed by atoms with Crippen LogP contribution in [0.4, 0.5) is 5.69 Å². The monoisotopic (exact) mass is 299 g/mol. The van der Waals surface area contributed by atoms with Gasteiger partial charge < -0.3 is 10.2 Å². The van der Waals surface area contributed by atoms with Crippen molar-refractivity contribution in [1.82, 2.24) is 10.3 Å². The van der Waals surface area contributed by atoms with Gasteiger partial charge in [-0.25, -0.2) is 4.98 Å². The van der Waals surface area contributed by atoms with Crippen molar-refractivity contribution in [2.24, 2.45) is 0 Å². The molecule has 1 aromatic heterocycles. The van der Waals surface area contributed by atoms with E-state index in [1.165, 1.54) is 11.3 Å². The molecule has 0 spiro atoms. The van der Waals surface area contributed by atoms with Crippen LogP contribution < -0.4 is 10.2 Å². The maximum absolute atomic E-state index is 11.7. The van der Waals surface area contributed by atoms with E-state index in [1.54, 1.807) is 5.38 Å². The molecular formula is C16H17N3OS. The number of hydrogen-bond donors (Lipinski definition) is 1. The molecule has 108 valence electrons. The summed E-state index contributed by atoms with van der Waals surface area (Å²) in [6.45, 7) is 2.18. The first kappa shape index (κ1) is 15.1. The van der Waals surface area contributed by atoms with Crippen molar-refractivity contribution in [3.05, 3.63) is 45.9 Å². The van der Waals surface area contributed by atoms with Crippen LogP contribution in [0.2, 0.25) is 0 Å². The number of carbonyl (C=O) groups excluding carboxylic acids is 1. The second-order valence-corrected chi connectivity index (χ2v) is 5.74. The van der Waals surface area contributed by atoms with E-state index in [0.717, 1.165) is 16.3 Å². The zero-order valence-electron chi connectivity index (χ0n) is 12.3. The van der Waals surface area contributed by atoms with E-state index in [2.05, 4.69) is 22.1 Å². The Morgan fingerprint density at radius 1 is 1.33 bits per heavy atom. The number of aromatic nitrogens is 1. The third kappa shape index (κ3) is 4.33. The van der Waals surface area contributed by atoms with Gasteiger partial charge in [-0.05, 0) is 31.2 Å². The Labute approximate surface area is 128 Å². The van der Waals surface area contributed by atoms with Gasteiger partial charge in [0.2, 0.25) is 0 Å². The summed E-state index contributed by atoms with van der Waals surface area (Å²) >= 11 is 1.46. The number of aryl methyl sites for hydroxylation is 1. The molecule has 1 heterocycles. The van der Waals surface area contributed by atoms with Gasteiger partial charge >= 0.3 is 0 Å². The Morgan fingerprint density at radius 2 is 2.05 bits per heavy atom. The molecule has 1 aromatic carbocycles. The van der Waals surface area contributed by atoms with Crippen LogP contribution in [0.25, 0.3) is 0 Å². The Kier molecular flexibility index (Phi) is 4.96. The topological polar surface area (TPSA) is 45.2 Å². The molecule has 0 atom stereocenters. The fourth-order valence-corrected chi connectivity index (χ4v) is 2.26. The van der Waals surface area contributed by atoms with Crippen LogP contribution in [-0.4, -0.2) is 31.5 Å². The highest BCUT2D eigenvalue weighted by Crippen LogP contribution is 2.11. The number of thiazole rings is 1. The first-order valence-corrected chi connectivity index (χ1v) is 7.41. The first-order valence-electron chi connectivity index (χ1n) is 6.53. The smallest absolute Gasteiger partial charge is 0.271 e. The zero-order chi connectivity index (χ0) is 15.2. The quantitative estimate of drug-likeness (QED) is 0.885. The largest absolute Gasteiger partial charge is 0.378 e. The molecule has 0 aliphatic rings. The summed E-state index contributed by atoms with van der Waals surface area (Å²) < 4.78 is 0. The standard InChI is InChI=1S/C16H17N3OS/c1-12-18-15(11-21-12)16(20)17-10-4-5-13-6-8-14(9-7-13)19(2)3/h6-9,11H,10H2,1-3H3,(H,17,20). The average Bonchev–Trinajstić information content (AvgIpc) is 2.90. The maximum atomic E-state index is 11.7. The van der Waals surface area contributed by atoms with Gasteiger partial charge in [-0.3, -0.25) is 4.79 Å². The van der Waals surface area contributed by atoms with Crippen molar-refractivity contribution in [2.45, 2.75) is 6.92 Å². The summed E-state index contributed by atoms with van der Waals surface area (Å²) in [6.07, 6.45) is 0. The minimum absolute atomic E-state index is 0.184. The SMILES string of the molecule is Cc1nc(C(=O)NCC#Cc2ccc(N(C)C)cc2)cs1. The third-order valence-electron chi connectivity index (χ3n) is 2.81. The zero-order valence-corrected chi connectivity index (χ0v) is 13.1. The van der Waals surface area contributed by atoms with Crippen molar-refractivity contribution in [2.75, 3.05) is 25.5 Å². The van der Waals surface area contributed by atoms with Crippen molar-refractivity contribution < 1.29 is 4.79 Å². The fraction of sp³-hybridized carbons (Fsp3) is 0.250. The van der Waals surface area contributed by atoms with E-state index >= 15 is 0 Å². The van der Waals surface area contributed by atoms with Crippen LogP contribution in [0, 0.1) is 18.8 Å². The van der Waals surface area contributed by atoms with Crippen molar-refractivity contribution in [1.29, 1.82) is 0 Å². The third-order valence-corrected chi connectivity index (χ3v) is 3.58. The van der Waals surface area contributed by atoms with Crippen molar-refractivity contribution in [3.63, 3.8) is 0 Å². The lowest BCUT2D eigenvalue weighted by Crippen LogP contribution is -2.23. The fourth-order valence-electron chi connectivity index (χ4n) is 1.67. The molecule has 5 heteroatoms. The van der Waals surface area contributed by atoms with Crippen molar-refractivity contribution >= 4 is 22.9 Å². The molecule has 0 saturated heterocycles.